The van der Waals surface area contributed by atoms with Crippen LogP contribution in [0, 0.1) is 0 Å². The normalized spacial score (nSPS) is 23.7. The Kier molecular flexibility index (Phi) is 3.01. The highest BCUT2D eigenvalue weighted by molar-refractivity contribution is 5.93. The first-order chi connectivity index (χ1) is 6.91. The summed E-state index contributed by atoms with van der Waals surface area (Å²) in [4.78, 5) is 22.6. The third-order valence-corrected chi connectivity index (χ3v) is 2.12. The van der Waals surface area contributed by atoms with Gasteiger partial charge in [-0.25, -0.2) is 8.78 Å². The van der Waals surface area contributed by atoms with E-state index in [1.807, 2.05) is 0 Å². The van der Waals surface area contributed by atoms with Crippen molar-refractivity contribution in [1.82, 2.24) is 10.4 Å². The number of likely N-dealkylation sites (tertiary alicyclic amines) is 1. The molecule has 0 saturated carbocycles. The number of nitrogens with zero attached hydrogens (tertiary/aromatic N) is 1. The number of carbonyl (C=O) groups is 2. The Morgan fingerprint density at radius 2 is 2.13 bits per heavy atom. The van der Waals surface area contributed by atoms with Crippen molar-refractivity contribution < 1.29 is 22.9 Å². The Morgan fingerprint density at radius 1 is 1.53 bits per heavy atom. The molecule has 0 aliphatic carbocycles. The van der Waals surface area contributed by atoms with Gasteiger partial charge in [-0.15, -0.1) is 4.48 Å². The van der Waals surface area contributed by atoms with Crippen LogP contribution in [0.5, 0.6) is 0 Å². The predicted octanol–water partition coefficient (Wildman–Crippen LogP) is 0.409. The molecule has 0 spiro atoms. The van der Waals surface area contributed by atoms with Crippen LogP contribution < -0.4 is 5.54 Å². The molecule has 7 heteroatoms. The Labute approximate surface area is 83.7 Å². The fourth-order valence-corrected chi connectivity index (χ4v) is 1.46. The van der Waals surface area contributed by atoms with Crippen molar-refractivity contribution in [3.63, 3.8) is 0 Å². The molecule has 2 amide bonds. The highest BCUT2D eigenvalue weighted by atomic mass is 19.3. The van der Waals surface area contributed by atoms with Gasteiger partial charge >= 0.3 is 0 Å². The maximum Gasteiger partial charge on any atom is 0.270 e. The van der Waals surface area contributed by atoms with Gasteiger partial charge in [0, 0.05) is 6.42 Å². The summed E-state index contributed by atoms with van der Waals surface area (Å²) in [5.41, 5.74) is 0.753. The zero-order chi connectivity index (χ0) is 11.6. The summed E-state index contributed by atoms with van der Waals surface area (Å²) < 4.78 is 37.6. The monoisotopic (exact) mass is 222 g/mol. The number of hydrogen-bond donors (Lipinski definition) is 1. The fraction of sp³-hybridized carbons (Fsp3) is 0.500. The molecule has 1 aliphatic heterocycles. The highest BCUT2D eigenvalue weighted by Gasteiger charge is 2.49. The molecule has 1 N–H and O–H groups in total. The Hall–Kier alpha value is -1.53. The van der Waals surface area contributed by atoms with Gasteiger partial charge in [0.25, 0.3) is 11.8 Å². The number of rotatable bonds is 2. The summed E-state index contributed by atoms with van der Waals surface area (Å²) in [6.07, 6.45) is -0.0672. The van der Waals surface area contributed by atoms with Crippen molar-refractivity contribution in [1.29, 1.82) is 0 Å². The van der Waals surface area contributed by atoms with E-state index in [9.17, 15) is 22.9 Å². The fourth-order valence-electron chi connectivity index (χ4n) is 1.46. The summed E-state index contributed by atoms with van der Waals surface area (Å²) in [5.74, 6) is -5.24. The minimum atomic E-state index is -3.17. The van der Waals surface area contributed by atoms with Gasteiger partial charge in [0.1, 0.15) is 6.04 Å². The SMILES string of the molecule is C=CC(=O)N1CC(F)(F)CC1C(=O)NF. The zero-order valence-corrected chi connectivity index (χ0v) is 7.67. The van der Waals surface area contributed by atoms with Crippen molar-refractivity contribution in [2.75, 3.05) is 6.54 Å². The first kappa shape index (κ1) is 11.5. The van der Waals surface area contributed by atoms with Crippen molar-refractivity contribution in [2.24, 2.45) is 0 Å². The molecule has 1 aliphatic rings. The number of alkyl halides is 2. The topological polar surface area (TPSA) is 49.4 Å². The van der Waals surface area contributed by atoms with Gasteiger partial charge in [0.15, 0.2) is 0 Å². The summed E-state index contributed by atoms with van der Waals surface area (Å²) in [7, 11) is 0. The van der Waals surface area contributed by atoms with E-state index in [-0.39, 0.29) is 0 Å². The van der Waals surface area contributed by atoms with Crippen molar-refractivity contribution in [3.05, 3.63) is 12.7 Å². The van der Waals surface area contributed by atoms with Gasteiger partial charge in [0.05, 0.1) is 6.54 Å². The predicted molar refractivity (Wildman–Crippen MR) is 44.5 cm³/mol. The zero-order valence-electron chi connectivity index (χ0n) is 7.67. The van der Waals surface area contributed by atoms with Crippen LogP contribution in [-0.4, -0.2) is 35.2 Å². The molecule has 1 saturated heterocycles. The van der Waals surface area contributed by atoms with E-state index in [0.717, 1.165) is 11.6 Å². The molecule has 15 heavy (non-hydrogen) atoms. The highest BCUT2D eigenvalue weighted by Crippen LogP contribution is 2.32. The van der Waals surface area contributed by atoms with Crippen LogP contribution in [0.15, 0.2) is 12.7 Å². The first-order valence-electron chi connectivity index (χ1n) is 4.12. The van der Waals surface area contributed by atoms with Crippen LogP contribution >= 0.6 is 0 Å². The van der Waals surface area contributed by atoms with E-state index in [1.165, 1.54) is 0 Å². The van der Waals surface area contributed by atoms with Gasteiger partial charge in [-0.05, 0) is 6.08 Å². The van der Waals surface area contributed by atoms with Crippen LogP contribution in [0.25, 0.3) is 0 Å². The summed E-state index contributed by atoms with van der Waals surface area (Å²) >= 11 is 0. The number of halogens is 3. The number of amides is 2. The summed E-state index contributed by atoms with van der Waals surface area (Å²) in [6.45, 7) is 2.22. The quantitative estimate of drug-likeness (QED) is 0.543. The van der Waals surface area contributed by atoms with E-state index < -0.39 is 36.7 Å². The second kappa shape index (κ2) is 3.92. The van der Waals surface area contributed by atoms with E-state index >= 15 is 0 Å². The molecule has 0 radical (unpaired) electrons. The van der Waals surface area contributed by atoms with E-state index in [2.05, 4.69) is 6.58 Å². The van der Waals surface area contributed by atoms with Crippen LogP contribution in [0.3, 0.4) is 0 Å². The van der Waals surface area contributed by atoms with Crippen LogP contribution in [0.1, 0.15) is 6.42 Å². The second-order valence-corrected chi connectivity index (χ2v) is 3.20. The Balaban J connectivity index is 2.88. The smallest absolute Gasteiger partial charge is 0.270 e. The molecule has 1 heterocycles. The summed E-state index contributed by atoms with van der Waals surface area (Å²) in [5, 5.41) is 0. The third kappa shape index (κ3) is 2.28. The summed E-state index contributed by atoms with van der Waals surface area (Å²) in [6, 6.07) is -1.48. The largest absolute Gasteiger partial charge is 0.321 e. The van der Waals surface area contributed by atoms with E-state index in [4.69, 9.17) is 0 Å². The molecule has 1 rings (SSSR count). The lowest BCUT2D eigenvalue weighted by Gasteiger charge is -2.19. The van der Waals surface area contributed by atoms with E-state index in [1.54, 1.807) is 0 Å². The number of carbonyl (C=O) groups excluding carboxylic acids is 2. The molecular formula is C8H9F3N2O2. The molecule has 0 aromatic carbocycles. The maximum atomic E-state index is 12.9. The molecule has 84 valence electrons. The van der Waals surface area contributed by atoms with Crippen molar-refractivity contribution in [2.45, 2.75) is 18.4 Å². The maximum absolute atomic E-state index is 12.9. The minimum Gasteiger partial charge on any atom is -0.321 e. The molecule has 1 fully saturated rings. The van der Waals surface area contributed by atoms with Crippen LogP contribution in [0.4, 0.5) is 13.3 Å². The number of nitrogens with one attached hydrogen (secondary N) is 1. The lowest BCUT2D eigenvalue weighted by Crippen LogP contribution is -2.43. The van der Waals surface area contributed by atoms with Gasteiger partial charge < -0.3 is 4.90 Å². The van der Waals surface area contributed by atoms with Gasteiger partial charge in [0.2, 0.25) is 5.91 Å². The molecule has 0 aromatic heterocycles. The first-order valence-corrected chi connectivity index (χ1v) is 4.12. The molecule has 1 atom stereocenters. The van der Waals surface area contributed by atoms with Gasteiger partial charge in [-0.1, -0.05) is 6.58 Å². The van der Waals surface area contributed by atoms with Crippen LogP contribution in [0.2, 0.25) is 0 Å². The molecule has 0 aromatic rings. The van der Waals surface area contributed by atoms with E-state index in [0.29, 0.717) is 4.90 Å². The minimum absolute atomic E-state index is 0.599. The van der Waals surface area contributed by atoms with Crippen molar-refractivity contribution >= 4 is 11.8 Å². The molecule has 0 bridgehead atoms. The average Bonchev–Trinajstić information content (AvgIpc) is 2.52. The Bertz CT molecular complexity index is 306. The van der Waals surface area contributed by atoms with Crippen molar-refractivity contribution in [3.8, 4) is 0 Å². The average molecular weight is 222 g/mol. The van der Waals surface area contributed by atoms with Gasteiger partial charge in [-0.2, -0.15) is 5.54 Å². The lowest BCUT2D eigenvalue weighted by molar-refractivity contribution is -0.137. The van der Waals surface area contributed by atoms with Crippen LogP contribution in [-0.2, 0) is 9.59 Å². The third-order valence-electron chi connectivity index (χ3n) is 2.12. The van der Waals surface area contributed by atoms with Gasteiger partial charge in [-0.3, -0.25) is 9.59 Å². The lowest BCUT2D eigenvalue weighted by atomic mass is 10.2. The Morgan fingerprint density at radius 3 is 2.60 bits per heavy atom. The molecule has 4 nitrogen and oxygen atoms in total. The standard InChI is InChI=1S/C8H9F3N2O2/c1-2-6(14)13-4-8(9,10)3-5(13)7(15)12-11/h2,5H,1,3-4H2,(H,12,15). The number of hydrogen-bond acceptors (Lipinski definition) is 2. The second-order valence-electron chi connectivity index (χ2n) is 3.20. The molecule has 1 unspecified atom stereocenters. The molecular weight excluding hydrogens is 213 g/mol.